The van der Waals surface area contributed by atoms with Crippen LogP contribution in [0.15, 0.2) is 24.3 Å². The Kier molecular flexibility index (Phi) is 4.72. The van der Waals surface area contributed by atoms with Crippen molar-refractivity contribution in [3.63, 3.8) is 0 Å². The lowest BCUT2D eigenvalue weighted by Crippen LogP contribution is -2.32. The minimum absolute atomic E-state index is 0.0686. The summed E-state index contributed by atoms with van der Waals surface area (Å²) in [5, 5.41) is 21.1. The maximum Gasteiger partial charge on any atom is 0.238 e. The van der Waals surface area contributed by atoms with Gasteiger partial charge in [0.1, 0.15) is 0 Å². The van der Waals surface area contributed by atoms with Crippen LogP contribution >= 0.6 is 0 Å². The quantitative estimate of drug-likeness (QED) is 0.864. The van der Waals surface area contributed by atoms with E-state index in [1.807, 2.05) is 6.07 Å². The normalized spacial score (nSPS) is 20.4. The predicted molar refractivity (Wildman–Crippen MR) is 76.0 cm³/mol. The molecule has 0 radical (unpaired) electrons. The lowest BCUT2D eigenvalue weighted by molar-refractivity contribution is -0.117. The third-order valence-corrected chi connectivity index (χ3v) is 3.66. The summed E-state index contributed by atoms with van der Waals surface area (Å²) in [7, 11) is 0. The van der Waals surface area contributed by atoms with Gasteiger partial charge in [0.2, 0.25) is 5.91 Å². The highest BCUT2D eigenvalue weighted by molar-refractivity contribution is 5.92. The minimum atomic E-state index is -0.318. The van der Waals surface area contributed by atoms with E-state index in [1.54, 1.807) is 31.2 Å². The Balaban J connectivity index is 1.82. The summed E-state index contributed by atoms with van der Waals surface area (Å²) in [6.07, 6.45) is 0.614. The van der Waals surface area contributed by atoms with Crippen LogP contribution in [0.5, 0.6) is 0 Å². The highest BCUT2D eigenvalue weighted by atomic mass is 16.3. The largest absolute Gasteiger partial charge is 0.393 e. The summed E-state index contributed by atoms with van der Waals surface area (Å²) >= 11 is 0. The first-order valence-corrected chi connectivity index (χ1v) is 6.79. The summed E-state index contributed by atoms with van der Waals surface area (Å²) in [4.78, 5) is 14.0. The number of anilines is 1. The number of benzene rings is 1. The van der Waals surface area contributed by atoms with Crippen LogP contribution in [0.3, 0.4) is 0 Å². The molecule has 0 aliphatic carbocycles. The van der Waals surface area contributed by atoms with Crippen LogP contribution < -0.4 is 5.32 Å². The van der Waals surface area contributed by atoms with E-state index >= 15 is 0 Å². The molecule has 20 heavy (non-hydrogen) atoms. The van der Waals surface area contributed by atoms with Crippen LogP contribution in [0.2, 0.25) is 0 Å². The van der Waals surface area contributed by atoms with Gasteiger partial charge in [0.05, 0.1) is 24.3 Å². The monoisotopic (exact) mass is 273 g/mol. The maximum atomic E-state index is 11.9. The van der Waals surface area contributed by atoms with Gasteiger partial charge in [0.25, 0.3) is 0 Å². The second-order valence-electron chi connectivity index (χ2n) is 5.26. The van der Waals surface area contributed by atoms with Gasteiger partial charge in [-0.1, -0.05) is 0 Å². The van der Waals surface area contributed by atoms with Crippen LogP contribution in [0, 0.1) is 17.2 Å². The summed E-state index contributed by atoms with van der Waals surface area (Å²) < 4.78 is 0. The van der Waals surface area contributed by atoms with Gasteiger partial charge >= 0.3 is 0 Å². The number of aliphatic hydroxyl groups excluding tert-OH is 1. The van der Waals surface area contributed by atoms with Crippen molar-refractivity contribution in [2.24, 2.45) is 5.92 Å². The Bertz CT molecular complexity index is 505. The summed E-state index contributed by atoms with van der Waals surface area (Å²) in [6.45, 7) is 3.74. The van der Waals surface area contributed by atoms with Crippen LogP contribution in [-0.2, 0) is 4.79 Å². The van der Waals surface area contributed by atoms with Gasteiger partial charge < -0.3 is 10.4 Å². The number of rotatable bonds is 4. The molecule has 1 aromatic rings. The SMILES string of the molecule is CC(O)C1CCN(CC(=O)Nc2ccc(C#N)cc2)C1. The molecule has 1 heterocycles. The first-order valence-electron chi connectivity index (χ1n) is 6.79. The molecule has 106 valence electrons. The molecular weight excluding hydrogens is 254 g/mol. The number of hydrogen-bond acceptors (Lipinski definition) is 4. The zero-order chi connectivity index (χ0) is 14.5. The van der Waals surface area contributed by atoms with Crippen molar-refractivity contribution in [2.75, 3.05) is 25.0 Å². The lowest BCUT2D eigenvalue weighted by atomic mass is 10.0. The zero-order valence-electron chi connectivity index (χ0n) is 11.5. The fourth-order valence-electron chi connectivity index (χ4n) is 2.43. The molecule has 2 rings (SSSR count). The molecular formula is C15H19N3O2. The number of nitriles is 1. The van der Waals surface area contributed by atoms with E-state index in [-0.39, 0.29) is 17.9 Å². The fraction of sp³-hybridized carbons (Fsp3) is 0.467. The number of carbonyl (C=O) groups is 1. The van der Waals surface area contributed by atoms with Crippen molar-refractivity contribution in [3.8, 4) is 6.07 Å². The number of amides is 1. The van der Waals surface area contributed by atoms with Crippen molar-refractivity contribution in [1.82, 2.24) is 4.90 Å². The van der Waals surface area contributed by atoms with Crippen LogP contribution in [0.1, 0.15) is 18.9 Å². The third-order valence-electron chi connectivity index (χ3n) is 3.66. The van der Waals surface area contributed by atoms with Crippen molar-refractivity contribution in [3.05, 3.63) is 29.8 Å². The molecule has 2 N–H and O–H groups in total. The summed E-state index contributed by atoms with van der Waals surface area (Å²) in [5.74, 6) is 0.193. The summed E-state index contributed by atoms with van der Waals surface area (Å²) in [5.41, 5.74) is 1.27. The van der Waals surface area contributed by atoms with Gasteiger partial charge in [-0.25, -0.2) is 0 Å². The first kappa shape index (κ1) is 14.5. The molecule has 0 aromatic heterocycles. The molecule has 1 aliphatic rings. The van der Waals surface area contributed by atoms with E-state index in [9.17, 15) is 9.90 Å². The van der Waals surface area contributed by atoms with E-state index in [4.69, 9.17) is 5.26 Å². The molecule has 1 fully saturated rings. The standard InChI is InChI=1S/C15H19N3O2/c1-11(19)13-6-7-18(9-13)10-15(20)17-14-4-2-12(8-16)3-5-14/h2-5,11,13,19H,6-7,9-10H2,1H3,(H,17,20). The lowest BCUT2D eigenvalue weighted by Gasteiger charge is -2.16. The second kappa shape index (κ2) is 6.51. The molecule has 1 aromatic carbocycles. The maximum absolute atomic E-state index is 11.9. The molecule has 5 heteroatoms. The first-order chi connectivity index (χ1) is 9.58. The number of carbonyl (C=O) groups excluding carboxylic acids is 1. The molecule has 2 atom stereocenters. The number of likely N-dealkylation sites (tertiary alicyclic amines) is 1. The van der Waals surface area contributed by atoms with Crippen molar-refractivity contribution >= 4 is 11.6 Å². The van der Waals surface area contributed by atoms with Gasteiger partial charge in [-0.3, -0.25) is 9.69 Å². The van der Waals surface area contributed by atoms with Gasteiger partial charge in [0.15, 0.2) is 0 Å². The molecule has 0 bridgehead atoms. The zero-order valence-corrected chi connectivity index (χ0v) is 11.5. The number of nitrogens with one attached hydrogen (secondary N) is 1. The molecule has 2 unspecified atom stereocenters. The molecule has 0 saturated carbocycles. The highest BCUT2D eigenvalue weighted by Gasteiger charge is 2.26. The average molecular weight is 273 g/mol. The molecule has 1 amide bonds. The topological polar surface area (TPSA) is 76.4 Å². The Morgan fingerprint density at radius 3 is 2.80 bits per heavy atom. The molecule has 1 saturated heterocycles. The van der Waals surface area contributed by atoms with Crippen LogP contribution in [0.25, 0.3) is 0 Å². The van der Waals surface area contributed by atoms with Gasteiger partial charge in [0, 0.05) is 12.2 Å². The molecule has 1 aliphatic heterocycles. The Morgan fingerprint density at radius 1 is 1.55 bits per heavy atom. The smallest absolute Gasteiger partial charge is 0.238 e. The third kappa shape index (κ3) is 3.80. The average Bonchev–Trinajstić information content (AvgIpc) is 2.88. The van der Waals surface area contributed by atoms with Gasteiger partial charge in [-0.05, 0) is 50.1 Å². The van der Waals surface area contributed by atoms with Crippen molar-refractivity contribution in [2.45, 2.75) is 19.4 Å². The van der Waals surface area contributed by atoms with E-state index in [2.05, 4.69) is 10.2 Å². The van der Waals surface area contributed by atoms with E-state index < -0.39 is 0 Å². The molecule has 0 spiro atoms. The Hall–Kier alpha value is -1.90. The van der Waals surface area contributed by atoms with Gasteiger partial charge in [-0.2, -0.15) is 5.26 Å². The molecule has 5 nitrogen and oxygen atoms in total. The summed E-state index contributed by atoms with van der Waals surface area (Å²) in [6, 6.07) is 8.83. The number of hydrogen-bond donors (Lipinski definition) is 2. The predicted octanol–water partition coefficient (Wildman–Crippen LogP) is 1.20. The second-order valence-corrected chi connectivity index (χ2v) is 5.26. The highest BCUT2D eigenvalue weighted by Crippen LogP contribution is 2.19. The Morgan fingerprint density at radius 2 is 2.25 bits per heavy atom. The Labute approximate surface area is 118 Å². The fourth-order valence-corrected chi connectivity index (χ4v) is 2.43. The van der Waals surface area contributed by atoms with Crippen LogP contribution in [0.4, 0.5) is 5.69 Å². The van der Waals surface area contributed by atoms with Crippen molar-refractivity contribution < 1.29 is 9.90 Å². The number of aliphatic hydroxyl groups is 1. The van der Waals surface area contributed by atoms with E-state index in [0.717, 1.165) is 19.5 Å². The van der Waals surface area contributed by atoms with Crippen LogP contribution in [-0.4, -0.2) is 41.7 Å². The van der Waals surface area contributed by atoms with E-state index in [0.29, 0.717) is 17.8 Å². The van der Waals surface area contributed by atoms with Gasteiger partial charge in [-0.15, -0.1) is 0 Å². The van der Waals surface area contributed by atoms with E-state index in [1.165, 1.54) is 0 Å². The number of nitrogens with zero attached hydrogens (tertiary/aromatic N) is 2. The minimum Gasteiger partial charge on any atom is -0.393 e. The van der Waals surface area contributed by atoms with Crippen molar-refractivity contribution in [1.29, 1.82) is 5.26 Å².